The highest BCUT2D eigenvalue weighted by molar-refractivity contribution is 5.91. The largest absolute Gasteiger partial charge is 0.490 e. The van der Waals surface area contributed by atoms with Crippen LogP contribution < -0.4 is 20.3 Å². The maximum absolute atomic E-state index is 13.1. The van der Waals surface area contributed by atoms with Crippen molar-refractivity contribution in [3.63, 3.8) is 0 Å². The minimum Gasteiger partial charge on any atom is -0.490 e. The summed E-state index contributed by atoms with van der Waals surface area (Å²) in [6, 6.07) is 10.6. The van der Waals surface area contributed by atoms with Gasteiger partial charge in [0.15, 0.2) is 22.5 Å². The predicted molar refractivity (Wildman–Crippen MR) is 190 cm³/mol. The van der Waals surface area contributed by atoms with Gasteiger partial charge in [0, 0.05) is 26.0 Å². The molecular formula is C35H30N6O15. The van der Waals surface area contributed by atoms with E-state index in [1.54, 1.807) is 13.8 Å². The zero-order valence-corrected chi connectivity index (χ0v) is 29.4. The maximum atomic E-state index is 13.1. The monoisotopic (exact) mass is 774 g/mol. The number of aromatic nitrogens is 4. The van der Waals surface area contributed by atoms with E-state index in [2.05, 4.69) is 9.97 Å². The van der Waals surface area contributed by atoms with Crippen LogP contribution in [0.5, 0.6) is 11.5 Å². The zero-order chi connectivity index (χ0) is 40.1. The molecular weight excluding hydrogens is 744 g/mol. The van der Waals surface area contributed by atoms with Crippen molar-refractivity contribution in [3.8, 4) is 11.5 Å². The first-order valence-corrected chi connectivity index (χ1v) is 16.6. The van der Waals surface area contributed by atoms with Crippen molar-refractivity contribution in [1.82, 2.24) is 19.1 Å². The number of benzene rings is 2. The normalized spacial score (nSPS) is 11.2. The highest BCUT2D eigenvalue weighted by Crippen LogP contribution is 2.26. The lowest BCUT2D eigenvalue weighted by atomic mass is 10.2. The number of hydrogen-bond donors (Lipinski definition) is 1. The first-order valence-electron chi connectivity index (χ1n) is 16.6. The summed E-state index contributed by atoms with van der Waals surface area (Å²) in [6.07, 6.45) is 0.891. The Balaban J connectivity index is 1.05. The Hall–Kier alpha value is -7.42. The van der Waals surface area contributed by atoms with Crippen molar-refractivity contribution >= 4 is 45.5 Å². The highest BCUT2D eigenvalue weighted by Gasteiger charge is 2.22. The lowest BCUT2D eigenvalue weighted by molar-refractivity contribution is -0.392. The van der Waals surface area contributed by atoms with Crippen LogP contribution >= 0.6 is 0 Å². The maximum Gasteiger partial charge on any atom is 0.374 e. The van der Waals surface area contributed by atoms with Crippen LogP contribution in [0.4, 0.5) is 11.6 Å². The van der Waals surface area contributed by atoms with Gasteiger partial charge in [0.2, 0.25) is 11.5 Å². The van der Waals surface area contributed by atoms with E-state index in [9.17, 15) is 44.5 Å². The molecule has 0 saturated heterocycles. The Kier molecular flexibility index (Phi) is 11.2. The minimum atomic E-state index is -1.28. The molecule has 0 amide bonds. The van der Waals surface area contributed by atoms with Crippen LogP contribution in [0.3, 0.4) is 0 Å². The van der Waals surface area contributed by atoms with E-state index in [-0.39, 0.29) is 84.6 Å². The summed E-state index contributed by atoms with van der Waals surface area (Å²) >= 11 is 0. The number of rotatable bonds is 16. The standard InChI is InChI=1S/C35H30N6O15/c1-19-36-15-30(40(47)48)38(19)9-11-51-34(45)28-13-22(43)32-24(5-3-7-26(32)55-28)53-17-21(42)18-54-25-6-4-8-27-33(25)23(44)14-29(56-27)35(46)52-12-10-39-20(2)37-16-31(39)41(49)50/h3-8,13-16,21,42H,9-12,17-18H2,1-2H3. The number of fused-ring (bicyclic) bond motifs is 2. The average molecular weight is 775 g/mol. The quantitative estimate of drug-likeness (QED) is 0.0839. The third-order valence-corrected chi connectivity index (χ3v) is 8.24. The number of nitro groups is 2. The number of esters is 2. The van der Waals surface area contributed by atoms with E-state index in [0.717, 1.165) is 24.5 Å². The summed E-state index contributed by atoms with van der Waals surface area (Å²) in [5.74, 6) is -2.58. The second-order valence-corrected chi connectivity index (χ2v) is 11.9. The van der Waals surface area contributed by atoms with Gasteiger partial charge in [-0.15, -0.1) is 0 Å². The number of carbonyl (C=O) groups excluding carboxylic acids is 2. The molecule has 56 heavy (non-hydrogen) atoms. The van der Waals surface area contributed by atoms with Crippen LogP contribution in [0.25, 0.3) is 21.9 Å². The highest BCUT2D eigenvalue weighted by atomic mass is 16.6. The molecule has 0 fully saturated rings. The number of aryl methyl sites for hydroxylation is 2. The Morgan fingerprint density at radius 1 is 0.750 bits per heavy atom. The molecule has 6 aromatic rings. The molecule has 21 heteroatoms. The SMILES string of the molecule is Cc1ncc([N+](=O)[O-])n1CCOC(=O)c1cc(=O)c2c(OCC(O)COc3cccc4oc(C(=O)OCCn5c([N+](=O)[O-])cnc5C)cc(=O)c34)cccc2o1. The molecule has 6 rings (SSSR count). The topological polar surface area (TPSA) is 274 Å². The first kappa shape index (κ1) is 38.3. The van der Waals surface area contributed by atoms with E-state index >= 15 is 0 Å². The minimum absolute atomic E-state index is 0.0169. The van der Waals surface area contributed by atoms with Gasteiger partial charge < -0.3 is 53.1 Å². The van der Waals surface area contributed by atoms with Crippen LogP contribution in [0.15, 0.2) is 79.3 Å². The fourth-order valence-electron chi connectivity index (χ4n) is 5.58. The molecule has 0 unspecified atom stereocenters. The van der Waals surface area contributed by atoms with E-state index in [0.29, 0.717) is 11.6 Å². The molecule has 4 aromatic heterocycles. The van der Waals surface area contributed by atoms with Gasteiger partial charge in [-0.1, -0.05) is 12.1 Å². The van der Waals surface area contributed by atoms with Crippen molar-refractivity contribution in [2.75, 3.05) is 26.4 Å². The number of aliphatic hydroxyl groups is 1. The Morgan fingerprint density at radius 2 is 1.16 bits per heavy atom. The van der Waals surface area contributed by atoms with Gasteiger partial charge in [-0.3, -0.25) is 9.59 Å². The number of ether oxygens (including phenoxy) is 4. The van der Waals surface area contributed by atoms with Crippen LogP contribution in [0, 0.1) is 34.1 Å². The van der Waals surface area contributed by atoms with Crippen molar-refractivity contribution in [2.24, 2.45) is 0 Å². The van der Waals surface area contributed by atoms with Gasteiger partial charge in [-0.05, 0) is 34.1 Å². The summed E-state index contributed by atoms with van der Waals surface area (Å²) in [5, 5.41) is 33.0. The molecule has 21 nitrogen and oxygen atoms in total. The van der Waals surface area contributed by atoms with E-state index in [1.165, 1.54) is 45.5 Å². The zero-order valence-electron chi connectivity index (χ0n) is 29.4. The Morgan fingerprint density at radius 3 is 1.55 bits per heavy atom. The fraction of sp³-hybridized carbons (Fsp3) is 0.257. The van der Waals surface area contributed by atoms with Crippen LogP contribution in [0.2, 0.25) is 0 Å². The number of carbonyl (C=O) groups is 2. The smallest absolute Gasteiger partial charge is 0.374 e. The molecule has 0 radical (unpaired) electrons. The lowest BCUT2D eigenvalue weighted by Gasteiger charge is -2.15. The molecule has 0 aliphatic rings. The average Bonchev–Trinajstić information content (AvgIpc) is 3.73. The summed E-state index contributed by atoms with van der Waals surface area (Å²) in [4.78, 5) is 80.4. The molecule has 0 aliphatic heterocycles. The lowest BCUT2D eigenvalue weighted by Crippen LogP contribution is -2.25. The third-order valence-electron chi connectivity index (χ3n) is 8.24. The number of nitrogens with zero attached hydrogens (tertiary/aromatic N) is 6. The van der Waals surface area contributed by atoms with E-state index in [4.69, 9.17) is 27.8 Å². The van der Waals surface area contributed by atoms with Gasteiger partial charge in [0.25, 0.3) is 0 Å². The molecule has 0 atom stereocenters. The van der Waals surface area contributed by atoms with E-state index < -0.39 is 50.3 Å². The van der Waals surface area contributed by atoms with Gasteiger partial charge in [0.1, 0.15) is 91.5 Å². The first-order chi connectivity index (χ1) is 26.8. The molecule has 1 N–H and O–H groups in total. The van der Waals surface area contributed by atoms with Gasteiger partial charge in [-0.2, -0.15) is 0 Å². The Labute approximate surface area is 312 Å². The Bertz CT molecular complexity index is 2430. The van der Waals surface area contributed by atoms with Gasteiger partial charge in [-0.25, -0.2) is 28.7 Å². The molecule has 0 spiro atoms. The van der Waals surface area contributed by atoms with Crippen molar-refractivity contribution in [3.05, 3.63) is 125 Å². The second kappa shape index (κ2) is 16.3. The number of aliphatic hydroxyl groups excluding tert-OH is 1. The molecule has 0 saturated carbocycles. The predicted octanol–water partition coefficient (Wildman–Crippen LogP) is 3.26. The van der Waals surface area contributed by atoms with E-state index in [1.807, 2.05) is 0 Å². The number of imidazole rings is 2. The third kappa shape index (κ3) is 8.21. The fourth-order valence-corrected chi connectivity index (χ4v) is 5.58. The summed E-state index contributed by atoms with van der Waals surface area (Å²) in [7, 11) is 0. The molecule has 0 aliphatic carbocycles. The van der Waals surface area contributed by atoms with Crippen LogP contribution in [0.1, 0.15) is 32.8 Å². The van der Waals surface area contributed by atoms with Crippen molar-refractivity contribution in [2.45, 2.75) is 33.0 Å². The summed E-state index contributed by atoms with van der Waals surface area (Å²) in [6.45, 7) is 1.70. The molecule has 290 valence electrons. The van der Waals surface area contributed by atoms with Crippen molar-refractivity contribution < 1.29 is 52.3 Å². The van der Waals surface area contributed by atoms with Crippen LogP contribution in [-0.2, 0) is 22.6 Å². The summed E-state index contributed by atoms with van der Waals surface area (Å²) in [5.41, 5.74) is -1.33. The van der Waals surface area contributed by atoms with Crippen LogP contribution in [-0.4, -0.2) is 78.5 Å². The summed E-state index contributed by atoms with van der Waals surface area (Å²) < 4.78 is 35.4. The van der Waals surface area contributed by atoms with Gasteiger partial charge in [0.05, 0.1) is 0 Å². The molecule has 4 heterocycles. The van der Waals surface area contributed by atoms with Crippen molar-refractivity contribution in [1.29, 1.82) is 0 Å². The van der Waals surface area contributed by atoms with Gasteiger partial charge >= 0.3 is 23.6 Å². The molecule has 2 aromatic carbocycles. The molecule has 0 bridgehead atoms. The number of hydrogen-bond acceptors (Lipinski definition) is 17. The second-order valence-electron chi connectivity index (χ2n) is 11.9.